The van der Waals surface area contributed by atoms with Crippen LogP contribution in [0.1, 0.15) is 65.5 Å². The number of aromatic nitrogens is 3. The van der Waals surface area contributed by atoms with Crippen molar-refractivity contribution in [3.63, 3.8) is 0 Å². The fourth-order valence-electron chi connectivity index (χ4n) is 8.05. The van der Waals surface area contributed by atoms with E-state index in [1.54, 1.807) is 6.07 Å². The first-order valence-corrected chi connectivity index (χ1v) is 22.9. The van der Waals surface area contributed by atoms with Gasteiger partial charge in [0.2, 0.25) is 18.1 Å². The molecule has 380 valence electrons. The van der Waals surface area contributed by atoms with Gasteiger partial charge in [-0.1, -0.05) is 43.7 Å². The van der Waals surface area contributed by atoms with Gasteiger partial charge in [-0.3, -0.25) is 29.4 Å². The molecule has 8 N–H and O–H groups in total. The predicted octanol–water partition coefficient (Wildman–Crippen LogP) is 2.51. The van der Waals surface area contributed by atoms with Crippen molar-refractivity contribution in [1.29, 1.82) is 0 Å². The minimum Gasteiger partial charge on any atom is -0.479 e. The summed E-state index contributed by atoms with van der Waals surface area (Å²) in [5.74, 6) is -4.67. The zero-order valence-corrected chi connectivity index (χ0v) is 39.4. The zero-order chi connectivity index (χ0) is 51.8. The number of benzene rings is 3. The normalized spacial score (nSPS) is 18.7. The number of carbonyl (C=O) groups excluding carboxylic acids is 5. The fraction of sp³-hybridized carbons (Fsp3) is 0.367. The minimum atomic E-state index is -2.01. The highest BCUT2D eigenvalue weighted by atomic mass is 16.7. The maximum Gasteiger partial charge on any atom is 0.413 e. The van der Waals surface area contributed by atoms with Crippen LogP contribution in [-0.2, 0) is 59.6 Å². The molecule has 3 aromatic carbocycles. The minimum absolute atomic E-state index is 0.000277. The molecule has 4 heterocycles. The second-order valence-corrected chi connectivity index (χ2v) is 17.4. The lowest BCUT2D eigenvalue weighted by Gasteiger charge is -2.38. The van der Waals surface area contributed by atoms with E-state index in [0.717, 1.165) is 53.4 Å². The summed E-state index contributed by atoms with van der Waals surface area (Å²) in [5.41, 5.74) is 3.46. The number of nitrogens with one attached hydrogen (secondary N) is 3. The number of fused-ring (bicyclic) bond motifs is 3. The molecule has 0 spiro atoms. The van der Waals surface area contributed by atoms with Gasteiger partial charge in [0.05, 0.1) is 22.3 Å². The topological polar surface area (TPSA) is 322 Å². The number of aliphatic hydroxyl groups excluding tert-OH is 3. The summed E-state index contributed by atoms with van der Waals surface area (Å²) in [6.45, 7) is 2.43. The summed E-state index contributed by atoms with van der Waals surface area (Å²) in [7, 11) is 3.98. The molecule has 5 atom stereocenters. The Balaban J connectivity index is 1.12. The van der Waals surface area contributed by atoms with Gasteiger partial charge in [-0.15, -0.1) is 0 Å². The van der Waals surface area contributed by atoms with Crippen LogP contribution in [0.15, 0.2) is 72.8 Å². The number of unbranched alkanes of at least 4 members (excludes halogenated alkanes) is 1. The third-order valence-corrected chi connectivity index (χ3v) is 11.7. The number of aliphatic carboxylic acids is 1. The Morgan fingerprint density at radius 3 is 2.21 bits per heavy atom. The average molecular weight is 995 g/mol. The SMILES string of the molecule is CCCCc1nc2c(NC(=O)OCc3ccc(O[C@@H]4O[C@H](C(=O)O)[C@@H](O)[C@H](O)[C@H]4O)c(NC(=O)CCNC(=O)CCN4C(=O)C=CC4=O)c3)nc3cc(C(=O)O)ccc3c2n1Cc1ccc(CN(C)C)cc1. The lowest BCUT2D eigenvalue weighted by Crippen LogP contribution is -2.61. The van der Waals surface area contributed by atoms with Crippen molar-refractivity contribution in [2.75, 3.05) is 37.8 Å². The van der Waals surface area contributed by atoms with E-state index < -0.39 is 79.0 Å². The van der Waals surface area contributed by atoms with Crippen LogP contribution in [0.3, 0.4) is 0 Å². The van der Waals surface area contributed by atoms with Crippen LogP contribution < -0.4 is 20.7 Å². The van der Waals surface area contributed by atoms with E-state index in [2.05, 4.69) is 44.9 Å². The number of aromatic carboxylic acids is 1. The van der Waals surface area contributed by atoms with E-state index in [1.807, 2.05) is 30.8 Å². The molecular formula is C49H54N8O15. The molecule has 7 rings (SSSR count). The Morgan fingerprint density at radius 2 is 1.53 bits per heavy atom. The number of aliphatic hydroxyl groups is 3. The smallest absolute Gasteiger partial charge is 0.413 e. The summed E-state index contributed by atoms with van der Waals surface area (Å²) < 4.78 is 18.7. The van der Waals surface area contributed by atoms with E-state index >= 15 is 0 Å². The second-order valence-electron chi connectivity index (χ2n) is 17.4. The maximum absolute atomic E-state index is 13.7. The van der Waals surface area contributed by atoms with Gasteiger partial charge in [-0.2, -0.15) is 0 Å². The van der Waals surface area contributed by atoms with Gasteiger partial charge in [0, 0.05) is 63.0 Å². The summed E-state index contributed by atoms with van der Waals surface area (Å²) in [6.07, 6.45) is -6.91. The van der Waals surface area contributed by atoms with Crippen LogP contribution in [-0.4, -0.2) is 149 Å². The van der Waals surface area contributed by atoms with Crippen molar-refractivity contribution in [2.45, 2.75) is 89.4 Å². The number of hydrogen-bond acceptors (Lipinski definition) is 16. The van der Waals surface area contributed by atoms with Crippen molar-refractivity contribution in [3.05, 3.63) is 101 Å². The molecule has 5 amide bonds. The molecular weight excluding hydrogens is 941 g/mol. The number of imidazole rings is 1. The third kappa shape index (κ3) is 12.4. The number of pyridine rings is 1. The number of rotatable bonds is 21. The van der Waals surface area contributed by atoms with Crippen LogP contribution in [0, 0.1) is 0 Å². The Hall–Kier alpha value is -7.83. The fourth-order valence-corrected chi connectivity index (χ4v) is 8.05. The predicted molar refractivity (Wildman–Crippen MR) is 255 cm³/mol. The van der Waals surface area contributed by atoms with Crippen LogP contribution in [0.5, 0.6) is 5.75 Å². The number of hydrogen-bond donors (Lipinski definition) is 8. The molecule has 5 aromatic rings. The molecule has 0 bridgehead atoms. The quantitative estimate of drug-likeness (QED) is 0.0490. The number of anilines is 2. The van der Waals surface area contributed by atoms with Crippen LogP contribution in [0.25, 0.3) is 21.9 Å². The van der Waals surface area contributed by atoms with E-state index in [0.29, 0.717) is 29.4 Å². The van der Waals surface area contributed by atoms with Crippen molar-refractivity contribution >= 4 is 75.1 Å². The lowest BCUT2D eigenvalue weighted by molar-refractivity contribution is -0.271. The summed E-state index contributed by atoms with van der Waals surface area (Å²) in [6, 6.07) is 16.8. The van der Waals surface area contributed by atoms with Gasteiger partial charge >= 0.3 is 18.0 Å². The molecule has 2 aliphatic rings. The molecule has 0 aliphatic carbocycles. The Bertz CT molecular complexity index is 2900. The zero-order valence-electron chi connectivity index (χ0n) is 39.4. The van der Waals surface area contributed by atoms with Gasteiger partial charge in [0.25, 0.3) is 11.8 Å². The van der Waals surface area contributed by atoms with E-state index in [4.69, 9.17) is 19.2 Å². The molecule has 2 aromatic heterocycles. The molecule has 1 saturated heterocycles. The molecule has 23 nitrogen and oxygen atoms in total. The number of nitrogens with zero attached hydrogens (tertiary/aromatic N) is 5. The van der Waals surface area contributed by atoms with E-state index in [-0.39, 0.29) is 59.8 Å². The highest BCUT2D eigenvalue weighted by Crippen LogP contribution is 2.34. The number of ether oxygens (including phenoxy) is 3. The Kier molecular flexibility index (Phi) is 16.6. The molecule has 0 radical (unpaired) electrons. The number of carboxylic acids is 2. The highest BCUT2D eigenvalue weighted by Gasteiger charge is 2.48. The number of imide groups is 1. The largest absolute Gasteiger partial charge is 0.479 e. The first-order valence-electron chi connectivity index (χ1n) is 22.9. The first-order chi connectivity index (χ1) is 34.4. The monoisotopic (exact) mass is 994 g/mol. The Morgan fingerprint density at radius 1 is 0.819 bits per heavy atom. The number of carbonyl (C=O) groups is 7. The summed E-state index contributed by atoms with van der Waals surface area (Å²) in [4.78, 5) is 99.5. The number of carboxylic acid groups (broad SMARTS) is 2. The Labute approximate surface area is 411 Å². The van der Waals surface area contributed by atoms with Crippen molar-refractivity contribution in [1.82, 2.24) is 29.7 Å². The first kappa shape index (κ1) is 52.0. The summed E-state index contributed by atoms with van der Waals surface area (Å²) >= 11 is 0. The van der Waals surface area contributed by atoms with Gasteiger partial charge in [-0.25, -0.2) is 24.4 Å². The van der Waals surface area contributed by atoms with Crippen LogP contribution >= 0.6 is 0 Å². The van der Waals surface area contributed by atoms with Crippen LogP contribution in [0.2, 0.25) is 0 Å². The van der Waals surface area contributed by atoms with Gasteiger partial charge in [0.1, 0.15) is 42.0 Å². The standard InChI is InChI=1S/C49H54N8O15/c1-4-5-6-34-53-39-40(57(34)24-27-9-7-26(8-10-27)23-55(2)3)30-13-12-29(46(65)66)22-31(30)52-45(39)54-49(69)70-25-28-11-14-33(71-48-43(64)41(62)42(63)44(72-48)47(67)68)32(21-28)51-36(59)17-19-50-35(58)18-20-56-37(60)15-16-38(56)61/h7-16,21-22,41-44,48,62-64H,4-6,17-20,23-25H2,1-3H3,(H,50,58)(H,51,59)(H,65,66)(H,67,68)(H,52,54,69)/t41-,42-,43+,44-,48+/m0/s1. The van der Waals surface area contributed by atoms with E-state index in [1.165, 1.54) is 30.3 Å². The second kappa shape index (κ2) is 22.9. The molecule has 2 aliphatic heterocycles. The third-order valence-electron chi connectivity index (χ3n) is 11.7. The van der Waals surface area contributed by atoms with Gasteiger partial charge in [0.15, 0.2) is 11.9 Å². The van der Waals surface area contributed by atoms with Crippen molar-refractivity contribution in [2.24, 2.45) is 0 Å². The summed E-state index contributed by atoms with van der Waals surface area (Å²) in [5, 5.41) is 59.1. The molecule has 1 fully saturated rings. The van der Waals surface area contributed by atoms with Crippen LogP contribution in [0.4, 0.5) is 16.3 Å². The number of aryl methyl sites for hydroxylation is 1. The molecule has 0 unspecified atom stereocenters. The molecule has 0 saturated carbocycles. The highest BCUT2D eigenvalue weighted by molar-refractivity contribution is 6.13. The maximum atomic E-state index is 13.7. The average Bonchev–Trinajstić information content (AvgIpc) is 3.87. The van der Waals surface area contributed by atoms with E-state index in [9.17, 15) is 59.1 Å². The van der Waals surface area contributed by atoms with Gasteiger partial charge in [-0.05, 0) is 67.5 Å². The number of amides is 5. The van der Waals surface area contributed by atoms with Crippen molar-refractivity contribution < 1.29 is 73.3 Å². The van der Waals surface area contributed by atoms with Crippen molar-refractivity contribution in [3.8, 4) is 5.75 Å². The lowest BCUT2D eigenvalue weighted by atomic mass is 9.99. The molecule has 23 heteroatoms. The molecule has 72 heavy (non-hydrogen) atoms. The van der Waals surface area contributed by atoms with Gasteiger partial charge < -0.3 is 59.8 Å².